The van der Waals surface area contributed by atoms with Gasteiger partial charge in [0.05, 0.1) is 30.9 Å². The second-order valence-corrected chi connectivity index (χ2v) is 14.0. The summed E-state index contributed by atoms with van der Waals surface area (Å²) in [4.78, 5) is 54.6. The molecule has 0 fully saturated rings. The molecular formula is C36H46N4O10. The van der Waals surface area contributed by atoms with Crippen LogP contribution >= 0.6 is 0 Å². The Bertz CT molecular complexity index is 1860. The molecular weight excluding hydrogens is 648 g/mol. The van der Waals surface area contributed by atoms with Crippen molar-refractivity contribution in [3.63, 3.8) is 0 Å². The number of rotatable bonds is 12. The summed E-state index contributed by atoms with van der Waals surface area (Å²) in [6, 6.07) is 6.70. The van der Waals surface area contributed by atoms with Gasteiger partial charge in [0, 0.05) is 49.2 Å². The number of amides is 2. The molecule has 14 nitrogen and oxygen atoms in total. The monoisotopic (exact) mass is 694 g/mol. The molecule has 0 radical (unpaired) electrons. The number of carbonyl (C=O) groups excluding carboxylic acids is 3. The molecule has 270 valence electrons. The molecule has 2 aliphatic rings. The largest absolute Gasteiger partial charge is 0.493 e. The summed E-state index contributed by atoms with van der Waals surface area (Å²) in [5.41, 5.74) is 0.349. The molecule has 0 saturated carbocycles. The molecule has 2 amide bonds. The Morgan fingerprint density at radius 2 is 1.42 bits per heavy atom. The van der Waals surface area contributed by atoms with Crippen molar-refractivity contribution < 1.29 is 42.8 Å². The van der Waals surface area contributed by atoms with Crippen LogP contribution in [0.5, 0.6) is 23.0 Å². The SMILES string of the molecule is COc1cc2c3c(n(CCCNCCN(CCNC(=O)OC(C)(C)C)C(=O)OC(C)(C)C)c(=O)c2cc1OC)-c1cc2c(cc1C3=O)OCO2. The minimum atomic E-state index is -0.691. The van der Waals surface area contributed by atoms with Crippen LogP contribution in [0.1, 0.15) is 63.9 Å². The summed E-state index contributed by atoms with van der Waals surface area (Å²) < 4.78 is 34.6. The Kier molecular flexibility index (Phi) is 10.5. The fourth-order valence-corrected chi connectivity index (χ4v) is 5.89. The number of nitrogens with zero attached hydrogens (tertiary/aromatic N) is 2. The normalized spacial score (nSPS) is 13.2. The van der Waals surface area contributed by atoms with Crippen molar-refractivity contribution in [3.8, 4) is 34.3 Å². The highest BCUT2D eigenvalue weighted by Crippen LogP contribution is 2.46. The predicted octanol–water partition coefficient (Wildman–Crippen LogP) is 4.70. The first-order valence-corrected chi connectivity index (χ1v) is 16.6. The summed E-state index contributed by atoms with van der Waals surface area (Å²) in [6.45, 7) is 12.7. The molecule has 5 rings (SSSR count). The van der Waals surface area contributed by atoms with Gasteiger partial charge in [0.25, 0.3) is 5.56 Å². The number of nitrogens with one attached hydrogen (secondary N) is 2. The average Bonchev–Trinajstić information content (AvgIpc) is 3.61. The number of carbonyl (C=O) groups is 3. The molecule has 0 spiro atoms. The Labute approximate surface area is 290 Å². The lowest BCUT2D eigenvalue weighted by Gasteiger charge is -2.28. The van der Waals surface area contributed by atoms with E-state index in [1.165, 1.54) is 19.1 Å². The maximum Gasteiger partial charge on any atom is 0.410 e. The molecule has 14 heteroatoms. The van der Waals surface area contributed by atoms with Gasteiger partial charge in [-0.25, -0.2) is 9.59 Å². The zero-order chi connectivity index (χ0) is 36.4. The zero-order valence-corrected chi connectivity index (χ0v) is 29.9. The maximum absolute atomic E-state index is 14.1. The van der Waals surface area contributed by atoms with E-state index in [0.29, 0.717) is 88.8 Å². The van der Waals surface area contributed by atoms with Gasteiger partial charge in [0.2, 0.25) is 6.79 Å². The van der Waals surface area contributed by atoms with Crippen molar-refractivity contribution >= 4 is 28.7 Å². The molecule has 0 atom stereocenters. The van der Waals surface area contributed by atoms with Crippen LogP contribution < -0.4 is 35.1 Å². The van der Waals surface area contributed by atoms with E-state index >= 15 is 0 Å². The molecule has 0 saturated heterocycles. The van der Waals surface area contributed by atoms with Crippen molar-refractivity contribution in [3.05, 3.63) is 45.7 Å². The molecule has 50 heavy (non-hydrogen) atoms. The van der Waals surface area contributed by atoms with Gasteiger partial charge in [0.15, 0.2) is 28.8 Å². The third kappa shape index (κ3) is 7.91. The van der Waals surface area contributed by atoms with Gasteiger partial charge in [-0.3, -0.25) is 9.59 Å². The number of hydrogen-bond acceptors (Lipinski definition) is 11. The van der Waals surface area contributed by atoms with E-state index in [2.05, 4.69) is 10.6 Å². The van der Waals surface area contributed by atoms with E-state index in [9.17, 15) is 19.2 Å². The average molecular weight is 695 g/mol. The summed E-state index contributed by atoms with van der Waals surface area (Å²) >= 11 is 0. The van der Waals surface area contributed by atoms with Crippen LogP contribution in [0, 0.1) is 0 Å². The van der Waals surface area contributed by atoms with Crippen LogP contribution in [-0.2, 0) is 16.0 Å². The van der Waals surface area contributed by atoms with E-state index in [1.54, 1.807) is 70.4 Å². The van der Waals surface area contributed by atoms with Crippen LogP contribution in [0.4, 0.5) is 9.59 Å². The van der Waals surface area contributed by atoms with Crippen molar-refractivity contribution in [2.24, 2.45) is 0 Å². The van der Waals surface area contributed by atoms with Crippen molar-refractivity contribution in [1.29, 1.82) is 0 Å². The fourth-order valence-electron chi connectivity index (χ4n) is 5.89. The van der Waals surface area contributed by atoms with Gasteiger partial charge in [-0.15, -0.1) is 0 Å². The highest BCUT2D eigenvalue weighted by Gasteiger charge is 2.36. The smallest absolute Gasteiger partial charge is 0.410 e. The molecule has 3 aromatic rings. The molecule has 2 aromatic carbocycles. The molecule has 2 N–H and O–H groups in total. The van der Waals surface area contributed by atoms with Gasteiger partial charge in [-0.1, -0.05) is 0 Å². The number of ketones is 1. The molecule has 1 aromatic heterocycles. The lowest BCUT2D eigenvalue weighted by Crippen LogP contribution is -2.44. The lowest BCUT2D eigenvalue weighted by molar-refractivity contribution is 0.0242. The number of hydrogen-bond donors (Lipinski definition) is 2. The minimum absolute atomic E-state index is 0.0536. The third-order valence-electron chi connectivity index (χ3n) is 8.01. The summed E-state index contributed by atoms with van der Waals surface area (Å²) in [6.07, 6.45) is -0.534. The van der Waals surface area contributed by atoms with Gasteiger partial charge < -0.3 is 48.5 Å². The summed E-state index contributed by atoms with van der Waals surface area (Å²) in [5.74, 6) is 1.55. The number of aromatic nitrogens is 1. The van der Waals surface area contributed by atoms with E-state index < -0.39 is 23.4 Å². The quantitative estimate of drug-likeness (QED) is 0.198. The van der Waals surface area contributed by atoms with Gasteiger partial charge in [-0.2, -0.15) is 0 Å². The van der Waals surface area contributed by atoms with Gasteiger partial charge in [-0.05, 0) is 78.8 Å². The number of ether oxygens (including phenoxy) is 6. The summed E-state index contributed by atoms with van der Waals surface area (Å²) in [7, 11) is 2.99. The van der Waals surface area contributed by atoms with E-state index in [-0.39, 0.29) is 31.2 Å². The van der Waals surface area contributed by atoms with Crippen LogP contribution in [-0.4, -0.2) is 92.4 Å². The fraction of sp³-hybridized carbons (Fsp3) is 0.500. The molecule has 2 heterocycles. The van der Waals surface area contributed by atoms with Gasteiger partial charge >= 0.3 is 12.2 Å². The van der Waals surface area contributed by atoms with Crippen LogP contribution in [0.3, 0.4) is 0 Å². The first-order chi connectivity index (χ1) is 23.6. The van der Waals surface area contributed by atoms with Crippen LogP contribution in [0.2, 0.25) is 0 Å². The van der Waals surface area contributed by atoms with Crippen molar-refractivity contribution in [1.82, 2.24) is 20.1 Å². The summed E-state index contributed by atoms with van der Waals surface area (Å²) in [5, 5.41) is 6.82. The van der Waals surface area contributed by atoms with Crippen molar-refractivity contribution in [2.45, 2.75) is 65.7 Å². The second kappa shape index (κ2) is 14.5. The number of alkyl carbamates (subject to hydrolysis) is 1. The van der Waals surface area contributed by atoms with Gasteiger partial charge in [0.1, 0.15) is 11.2 Å². The Morgan fingerprint density at radius 1 is 0.820 bits per heavy atom. The highest BCUT2D eigenvalue weighted by atomic mass is 16.7. The number of benzene rings is 2. The number of fused-ring (bicyclic) bond motifs is 6. The van der Waals surface area contributed by atoms with E-state index in [0.717, 1.165) is 0 Å². The molecule has 0 unspecified atom stereocenters. The Hall–Kier alpha value is -4.98. The standard InChI is InChI=1S/C36H46N4O10/c1-35(2,3)49-33(43)38-12-15-39(34(44)50-36(4,5)6)14-11-37-10-9-13-40-30-22-17-27-28(48-20-47-27)18-23(22)31(41)29(30)21-16-25(45-7)26(46-8)19-24(21)32(40)42/h16-19,37H,9-15,20H2,1-8H3,(H,38,43). The molecule has 1 aliphatic heterocycles. The maximum atomic E-state index is 14.1. The molecule has 0 bridgehead atoms. The number of pyridine rings is 1. The topological polar surface area (TPSA) is 156 Å². The number of methoxy groups -OCH3 is 2. The molecule has 1 aliphatic carbocycles. The van der Waals surface area contributed by atoms with Crippen LogP contribution in [0.25, 0.3) is 22.0 Å². The first kappa shape index (κ1) is 36.3. The minimum Gasteiger partial charge on any atom is -0.493 e. The third-order valence-corrected chi connectivity index (χ3v) is 8.01. The second-order valence-electron chi connectivity index (χ2n) is 14.0. The zero-order valence-electron chi connectivity index (χ0n) is 29.9. The highest BCUT2D eigenvalue weighted by molar-refractivity contribution is 6.27. The predicted molar refractivity (Wildman–Crippen MR) is 186 cm³/mol. The van der Waals surface area contributed by atoms with Crippen molar-refractivity contribution in [2.75, 3.05) is 53.7 Å². The Balaban J connectivity index is 1.31. The van der Waals surface area contributed by atoms with Crippen LogP contribution in [0.15, 0.2) is 29.1 Å². The van der Waals surface area contributed by atoms with E-state index in [1.807, 2.05) is 0 Å². The Morgan fingerprint density at radius 3 is 2.04 bits per heavy atom. The van der Waals surface area contributed by atoms with E-state index in [4.69, 9.17) is 28.4 Å². The lowest BCUT2D eigenvalue weighted by atomic mass is 10.0. The first-order valence-electron chi connectivity index (χ1n) is 16.6.